The smallest absolute Gasteiger partial charge is 0.342 e. The van der Waals surface area contributed by atoms with Crippen LogP contribution >= 0.6 is 0 Å². The van der Waals surface area contributed by atoms with Gasteiger partial charge < -0.3 is 14.9 Å². The summed E-state index contributed by atoms with van der Waals surface area (Å²) >= 11 is 0. The number of rotatable bonds is 6. The lowest BCUT2D eigenvalue weighted by atomic mass is 10.1. The number of hydrogen-bond acceptors (Lipinski definition) is 5. The van der Waals surface area contributed by atoms with Crippen molar-refractivity contribution < 1.29 is 24.5 Å². The lowest BCUT2D eigenvalue weighted by Crippen LogP contribution is -2.14. The van der Waals surface area contributed by atoms with E-state index in [0.29, 0.717) is 5.56 Å². The molecule has 0 fully saturated rings. The molecule has 0 aliphatic carbocycles. The number of carbonyl (C=O) groups excluding carboxylic acids is 2. The van der Waals surface area contributed by atoms with Crippen LogP contribution in [0.3, 0.4) is 0 Å². The average Bonchev–Trinajstić information content (AvgIpc) is 2.53. The third-order valence-electron chi connectivity index (χ3n) is 3.35. The first-order chi connectivity index (χ1) is 11.0. The SMILES string of the molecule is CCCc1ccc(C(=O)COC(=O)c2ccc(O)cc2O)cc1. The van der Waals surface area contributed by atoms with Gasteiger partial charge in [0.25, 0.3) is 0 Å². The topological polar surface area (TPSA) is 83.8 Å². The summed E-state index contributed by atoms with van der Waals surface area (Å²) in [6.45, 7) is 1.67. The summed E-state index contributed by atoms with van der Waals surface area (Å²) in [6, 6.07) is 10.7. The highest BCUT2D eigenvalue weighted by atomic mass is 16.5. The minimum atomic E-state index is -0.821. The fraction of sp³-hybridized carbons (Fsp3) is 0.222. The maximum atomic E-state index is 12.0. The molecule has 0 unspecified atom stereocenters. The van der Waals surface area contributed by atoms with Gasteiger partial charge in [-0.25, -0.2) is 4.79 Å². The summed E-state index contributed by atoms with van der Waals surface area (Å²) in [5.41, 5.74) is 1.51. The van der Waals surface area contributed by atoms with E-state index in [9.17, 15) is 19.8 Å². The van der Waals surface area contributed by atoms with Gasteiger partial charge in [0.05, 0.1) is 0 Å². The standard InChI is InChI=1S/C18H18O5/c1-2-3-12-4-6-13(7-5-12)17(21)11-23-18(22)15-9-8-14(19)10-16(15)20/h4-10,19-20H,2-3,11H2,1H3. The van der Waals surface area contributed by atoms with Crippen LogP contribution in [0.2, 0.25) is 0 Å². The zero-order valence-corrected chi connectivity index (χ0v) is 12.8. The van der Waals surface area contributed by atoms with Crippen LogP contribution < -0.4 is 0 Å². The molecule has 0 spiro atoms. The molecule has 0 aliphatic rings. The molecule has 23 heavy (non-hydrogen) atoms. The summed E-state index contributed by atoms with van der Waals surface area (Å²) in [5, 5.41) is 18.8. The van der Waals surface area contributed by atoms with Gasteiger partial charge in [-0.1, -0.05) is 37.6 Å². The van der Waals surface area contributed by atoms with Gasteiger partial charge in [-0.2, -0.15) is 0 Å². The van der Waals surface area contributed by atoms with Gasteiger partial charge in [-0.3, -0.25) is 4.79 Å². The Kier molecular flexibility index (Phi) is 5.36. The fourth-order valence-electron chi connectivity index (χ4n) is 2.13. The first kappa shape index (κ1) is 16.5. The molecule has 2 N–H and O–H groups in total. The van der Waals surface area contributed by atoms with Crippen molar-refractivity contribution in [3.8, 4) is 11.5 Å². The molecule has 5 heteroatoms. The Balaban J connectivity index is 1.96. The highest BCUT2D eigenvalue weighted by Crippen LogP contribution is 2.23. The second-order valence-corrected chi connectivity index (χ2v) is 5.15. The Morgan fingerprint density at radius 2 is 1.74 bits per heavy atom. The number of ether oxygens (including phenoxy) is 1. The molecule has 0 bridgehead atoms. The minimum Gasteiger partial charge on any atom is -0.508 e. The van der Waals surface area contributed by atoms with Crippen LogP contribution in [0.15, 0.2) is 42.5 Å². The van der Waals surface area contributed by atoms with Crippen LogP contribution in [0.25, 0.3) is 0 Å². The van der Waals surface area contributed by atoms with Crippen LogP contribution in [0.1, 0.15) is 39.6 Å². The van der Waals surface area contributed by atoms with Crippen molar-refractivity contribution in [2.24, 2.45) is 0 Å². The van der Waals surface area contributed by atoms with Crippen LogP contribution in [0.4, 0.5) is 0 Å². The molecule has 0 aliphatic heterocycles. The number of hydrogen-bond donors (Lipinski definition) is 2. The van der Waals surface area contributed by atoms with E-state index in [4.69, 9.17) is 4.74 Å². The van der Waals surface area contributed by atoms with Crippen molar-refractivity contribution >= 4 is 11.8 Å². The molecule has 0 saturated carbocycles. The van der Waals surface area contributed by atoms with Crippen LogP contribution in [-0.4, -0.2) is 28.6 Å². The molecule has 2 aromatic rings. The van der Waals surface area contributed by atoms with Gasteiger partial charge in [0, 0.05) is 11.6 Å². The zero-order valence-electron chi connectivity index (χ0n) is 12.8. The van der Waals surface area contributed by atoms with Crippen molar-refractivity contribution in [2.75, 3.05) is 6.61 Å². The Morgan fingerprint density at radius 3 is 2.35 bits per heavy atom. The maximum absolute atomic E-state index is 12.0. The molecular formula is C18H18O5. The number of Topliss-reactive ketones (excluding diaryl/α,β-unsaturated/α-hetero) is 1. The predicted octanol–water partition coefficient (Wildman–Crippen LogP) is 3.09. The molecule has 2 aromatic carbocycles. The van der Waals surface area contributed by atoms with Crippen molar-refractivity contribution in [1.82, 2.24) is 0 Å². The van der Waals surface area contributed by atoms with Crippen molar-refractivity contribution in [3.63, 3.8) is 0 Å². The van der Waals surface area contributed by atoms with E-state index in [1.807, 2.05) is 12.1 Å². The maximum Gasteiger partial charge on any atom is 0.342 e. The molecule has 2 rings (SSSR count). The van der Waals surface area contributed by atoms with E-state index in [2.05, 4.69) is 6.92 Å². The second-order valence-electron chi connectivity index (χ2n) is 5.15. The van der Waals surface area contributed by atoms with Gasteiger partial charge in [0.1, 0.15) is 17.1 Å². The number of carbonyl (C=O) groups is 2. The summed E-state index contributed by atoms with van der Waals surface area (Å²) < 4.78 is 4.91. The summed E-state index contributed by atoms with van der Waals surface area (Å²) in [7, 11) is 0. The molecule has 0 heterocycles. The summed E-state index contributed by atoms with van der Waals surface area (Å²) in [5.74, 6) is -1.70. The van der Waals surface area contributed by atoms with E-state index in [-0.39, 0.29) is 17.1 Å². The van der Waals surface area contributed by atoms with Gasteiger partial charge in [-0.05, 0) is 24.1 Å². The van der Waals surface area contributed by atoms with Crippen molar-refractivity contribution in [2.45, 2.75) is 19.8 Å². The summed E-state index contributed by atoms with van der Waals surface area (Å²) in [4.78, 5) is 23.8. The van der Waals surface area contributed by atoms with Crippen LogP contribution in [0.5, 0.6) is 11.5 Å². The molecule has 0 saturated heterocycles. The number of ketones is 1. The minimum absolute atomic E-state index is 0.103. The third-order valence-corrected chi connectivity index (χ3v) is 3.35. The highest BCUT2D eigenvalue weighted by Gasteiger charge is 2.15. The van der Waals surface area contributed by atoms with Crippen LogP contribution in [0, 0.1) is 0 Å². The molecular weight excluding hydrogens is 296 g/mol. The quantitative estimate of drug-likeness (QED) is 0.632. The van der Waals surface area contributed by atoms with Gasteiger partial charge in [0.15, 0.2) is 12.4 Å². The monoisotopic (exact) mass is 314 g/mol. The Morgan fingerprint density at radius 1 is 1.04 bits per heavy atom. The van der Waals surface area contributed by atoms with Gasteiger partial charge >= 0.3 is 5.97 Å². The van der Waals surface area contributed by atoms with Gasteiger partial charge in [0.2, 0.25) is 0 Å². The molecule has 0 aromatic heterocycles. The largest absolute Gasteiger partial charge is 0.508 e. The molecule has 0 amide bonds. The first-order valence-electron chi connectivity index (χ1n) is 7.32. The predicted molar refractivity (Wildman–Crippen MR) is 84.8 cm³/mol. The lowest BCUT2D eigenvalue weighted by Gasteiger charge is -2.07. The van der Waals surface area contributed by atoms with Gasteiger partial charge in [-0.15, -0.1) is 0 Å². The number of aryl methyl sites for hydroxylation is 1. The number of phenolic OH excluding ortho intramolecular Hbond substituents is 2. The highest BCUT2D eigenvalue weighted by molar-refractivity contribution is 6.00. The normalized spacial score (nSPS) is 10.3. The molecule has 0 radical (unpaired) electrons. The Labute approximate surface area is 134 Å². The number of aromatic hydroxyl groups is 2. The van der Waals surface area contributed by atoms with E-state index < -0.39 is 18.3 Å². The second kappa shape index (κ2) is 7.45. The van der Waals surface area contributed by atoms with E-state index in [1.54, 1.807) is 12.1 Å². The van der Waals surface area contributed by atoms with Crippen molar-refractivity contribution in [1.29, 1.82) is 0 Å². The zero-order chi connectivity index (χ0) is 16.8. The number of esters is 1. The van der Waals surface area contributed by atoms with E-state index >= 15 is 0 Å². The Bertz CT molecular complexity index is 704. The average molecular weight is 314 g/mol. The Hall–Kier alpha value is -2.82. The number of benzene rings is 2. The summed E-state index contributed by atoms with van der Waals surface area (Å²) in [6.07, 6.45) is 1.98. The first-order valence-corrected chi connectivity index (χ1v) is 7.32. The molecule has 0 atom stereocenters. The lowest BCUT2D eigenvalue weighted by molar-refractivity contribution is 0.0472. The number of phenols is 2. The molecule has 5 nitrogen and oxygen atoms in total. The van der Waals surface area contributed by atoms with E-state index in [0.717, 1.165) is 24.5 Å². The van der Waals surface area contributed by atoms with E-state index in [1.165, 1.54) is 12.1 Å². The molecule has 120 valence electrons. The van der Waals surface area contributed by atoms with Crippen molar-refractivity contribution in [3.05, 3.63) is 59.2 Å². The van der Waals surface area contributed by atoms with Crippen LogP contribution in [-0.2, 0) is 11.2 Å². The fourth-order valence-corrected chi connectivity index (χ4v) is 2.13. The third kappa shape index (κ3) is 4.32.